The number of allylic oxidation sites excluding steroid dienone is 1. The van der Waals surface area contributed by atoms with Crippen molar-refractivity contribution in [3.8, 4) is 11.3 Å². The molecule has 7 heteroatoms. The molecule has 1 aromatic heterocycles. The Labute approximate surface area is 114 Å². The van der Waals surface area contributed by atoms with Gasteiger partial charge in [-0.15, -0.1) is 0 Å². The molecule has 106 valence electrons. The smallest absolute Gasteiger partial charge is 0.266 e. The third-order valence-electron chi connectivity index (χ3n) is 2.55. The standard InChI is InChI=1S/C13H11F2NO3S/c14-12(15)7-4-8-20(17,18)13-9-11(16-19-13)10-5-2-1-3-6-10/h1-3,5-7,9H,4,8H2. The maximum atomic E-state index is 11.9. The van der Waals surface area contributed by atoms with E-state index in [9.17, 15) is 17.2 Å². The fraction of sp³-hybridized carbons (Fsp3) is 0.154. The van der Waals surface area contributed by atoms with Crippen LogP contribution in [0.1, 0.15) is 6.42 Å². The van der Waals surface area contributed by atoms with E-state index in [-0.39, 0.29) is 11.5 Å². The number of sulfone groups is 1. The van der Waals surface area contributed by atoms with Gasteiger partial charge in [0.25, 0.3) is 11.2 Å². The van der Waals surface area contributed by atoms with Gasteiger partial charge in [0.1, 0.15) is 5.69 Å². The summed E-state index contributed by atoms with van der Waals surface area (Å²) in [5.74, 6) is -0.451. The molecule has 0 atom stereocenters. The van der Waals surface area contributed by atoms with E-state index < -0.39 is 21.7 Å². The highest BCUT2D eigenvalue weighted by Crippen LogP contribution is 2.22. The topological polar surface area (TPSA) is 60.2 Å². The van der Waals surface area contributed by atoms with Gasteiger partial charge in [-0.05, 0) is 12.5 Å². The van der Waals surface area contributed by atoms with Gasteiger partial charge in [0.2, 0.25) is 9.84 Å². The average molecular weight is 299 g/mol. The zero-order valence-electron chi connectivity index (χ0n) is 10.3. The lowest BCUT2D eigenvalue weighted by Crippen LogP contribution is -2.04. The fourth-order valence-electron chi connectivity index (χ4n) is 1.57. The van der Waals surface area contributed by atoms with E-state index in [0.717, 1.165) is 0 Å². The predicted molar refractivity (Wildman–Crippen MR) is 68.9 cm³/mol. The molecule has 0 bridgehead atoms. The first-order valence-corrected chi connectivity index (χ1v) is 7.40. The van der Waals surface area contributed by atoms with Crippen LogP contribution in [-0.4, -0.2) is 19.3 Å². The van der Waals surface area contributed by atoms with Gasteiger partial charge in [-0.1, -0.05) is 35.5 Å². The average Bonchev–Trinajstić information content (AvgIpc) is 2.89. The van der Waals surface area contributed by atoms with Gasteiger partial charge in [-0.2, -0.15) is 8.78 Å². The zero-order chi connectivity index (χ0) is 14.6. The molecular formula is C13H11F2NO3S. The van der Waals surface area contributed by atoms with Crippen LogP contribution in [0.5, 0.6) is 0 Å². The second-order valence-electron chi connectivity index (χ2n) is 4.00. The van der Waals surface area contributed by atoms with Crippen LogP contribution in [0.15, 0.2) is 58.2 Å². The van der Waals surface area contributed by atoms with E-state index in [1.165, 1.54) is 6.07 Å². The summed E-state index contributed by atoms with van der Waals surface area (Å²) >= 11 is 0. The van der Waals surface area contributed by atoms with Gasteiger partial charge in [0, 0.05) is 11.6 Å². The molecule has 0 saturated carbocycles. The van der Waals surface area contributed by atoms with Crippen molar-refractivity contribution in [2.75, 3.05) is 5.75 Å². The van der Waals surface area contributed by atoms with Gasteiger partial charge >= 0.3 is 0 Å². The second-order valence-corrected chi connectivity index (χ2v) is 6.04. The Morgan fingerprint density at radius 2 is 1.95 bits per heavy atom. The van der Waals surface area contributed by atoms with Crippen LogP contribution < -0.4 is 0 Å². The highest BCUT2D eigenvalue weighted by atomic mass is 32.2. The summed E-state index contributed by atoms with van der Waals surface area (Å²) in [5, 5.41) is 3.36. The summed E-state index contributed by atoms with van der Waals surface area (Å²) in [6.45, 7) is 0. The van der Waals surface area contributed by atoms with Crippen molar-refractivity contribution in [1.29, 1.82) is 0 Å². The largest absolute Gasteiger partial charge is 0.344 e. The van der Waals surface area contributed by atoms with Crippen molar-refractivity contribution >= 4 is 9.84 Å². The minimum atomic E-state index is -3.75. The van der Waals surface area contributed by atoms with Crippen LogP contribution in [0, 0.1) is 0 Å². The Kier molecular flexibility index (Phi) is 4.29. The molecule has 0 unspecified atom stereocenters. The highest BCUT2D eigenvalue weighted by molar-refractivity contribution is 7.91. The van der Waals surface area contributed by atoms with E-state index in [4.69, 9.17) is 4.52 Å². The maximum Gasteiger partial charge on any atom is 0.266 e. The monoisotopic (exact) mass is 299 g/mol. The minimum absolute atomic E-state index is 0.272. The van der Waals surface area contributed by atoms with E-state index in [1.54, 1.807) is 24.3 Å². The quantitative estimate of drug-likeness (QED) is 0.850. The fourth-order valence-corrected chi connectivity index (χ4v) is 2.65. The van der Waals surface area contributed by atoms with Crippen LogP contribution >= 0.6 is 0 Å². The number of nitrogens with zero attached hydrogens (tertiary/aromatic N) is 1. The molecule has 2 rings (SSSR count). The first-order valence-electron chi connectivity index (χ1n) is 5.75. The number of aromatic nitrogens is 1. The molecule has 20 heavy (non-hydrogen) atoms. The molecule has 0 saturated heterocycles. The number of hydrogen-bond donors (Lipinski definition) is 0. The first-order chi connectivity index (χ1) is 9.49. The van der Waals surface area contributed by atoms with Crippen LogP contribution in [0.4, 0.5) is 8.78 Å². The van der Waals surface area contributed by atoms with Gasteiger partial charge < -0.3 is 4.52 Å². The third-order valence-corrected chi connectivity index (χ3v) is 4.13. The molecule has 0 radical (unpaired) electrons. The molecule has 0 amide bonds. The molecule has 0 aliphatic rings. The molecule has 4 nitrogen and oxygen atoms in total. The van der Waals surface area contributed by atoms with Crippen LogP contribution in [0.2, 0.25) is 0 Å². The lowest BCUT2D eigenvalue weighted by Gasteiger charge is -1.95. The Bertz CT molecular complexity index is 704. The molecule has 0 spiro atoms. The van der Waals surface area contributed by atoms with Gasteiger partial charge in [-0.25, -0.2) is 8.42 Å². The molecule has 0 N–H and O–H groups in total. The van der Waals surface area contributed by atoms with Crippen molar-refractivity contribution in [2.24, 2.45) is 0 Å². The summed E-state index contributed by atoms with van der Waals surface area (Å²) in [6, 6.07) is 10.2. The molecule has 1 aromatic carbocycles. The summed E-state index contributed by atoms with van der Waals surface area (Å²) < 4.78 is 52.2. The SMILES string of the molecule is O=S(=O)(CCC=C(F)F)c1cc(-c2ccccc2)no1. The highest BCUT2D eigenvalue weighted by Gasteiger charge is 2.20. The van der Waals surface area contributed by atoms with Crippen molar-refractivity contribution in [1.82, 2.24) is 5.16 Å². The lowest BCUT2D eigenvalue weighted by molar-refractivity contribution is 0.340. The molecular weight excluding hydrogens is 288 g/mol. The van der Waals surface area contributed by atoms with Gasteiger partial charge in [-0.3, -0.25) is 0 Å². The third kappa shape index (κ3) is 3.51. The Balaban J connectivity index is 2.18. The molecule has 1 heterocycles. The van der Waals surface area contributed by atoms with Crippen molar-refractivity contribution in [3.05, 3.63) is 48.6 Å². The summed E-state index contributed by atoms with van der Waals surface area (Å²) in [7, 11) is -3.75. The Morgan fingerprint density at radius 3 is 2.60 bits per heavy atom. The van der Waals surface area contributed by atoms with E-state index in [1.807, 2.05) is 6.07 Å². The van der Waals surface area contributed by atoms with Crippen molar-refractivity contribution < 1.29 is 21.7 Å². The number of hydrogen-bond acceptors (Lipinski definition) is 4. The summed E-state index contributed by atoms with van der Waals surface area (Å²) in [5.41, 5.74) is 1.10. The van der Waals surface area contributed by atoms with Crippen molar-refractivity contribution in [3.63, 3.8) is 0 Å². The summed E-state index contributed by atoms with van der Waals surface area (Å²) in [4.78, 5) is 0. The second kappa shape index (κ2) is 5.96. The zero-order valence-corrected chi connectivity index (χ0v) is 11.1. The van der Waals surface area contributed by atoms with E-state index >= 15 is 0 Å². The molecule has 0 aliphatic heterocycles. The summed E-state index contributed by atoms with van der Waals surface area (Å²) in [6.07, 6.45) is -1.61. The first kappa shape index (κ1) is 14.4. The Hall–Kier alpha value is -2.02. The van der Waals surface area contributed by atoms with Crippen LogP contribution in [0.3, 0.4) is 0 Å². The van der Waals surface area contributed by atoms with Crippen LogP contribution in [-0.2, 0) is 9.84 Å². The normalized spacial score (nSPS) is 11.3. The van der Waals surface area contributed by atoms with Crippen molar-refractivity contribution in [2.45, 2.75) is 11.5 Å². The number of rotatable bonds is 5. The van der Waals surface area contributed by atoms with E-state index in [2.05, 4.69) is 5.16 Å². The Morgan fingerprint density at radius 1 is 1.25 bits per heavy atom. The lowest BCUT2D eigenvalue weighted by atomic mass is 10.2. The number of benzene rings is 1. The molecule has 0 fully saturated rings. The van der Waals surface area contributed by atoms with Crippen LogP contribution in [0.25, 0.3) is 11.3 Å². The number of halogens is 2. The van der Waals surface area contributed by atoms with E-state index in [0.29, 0.717) is 17.3 Å². The molecule has 2 aromatic rings. The predicted octanol–water partition coefficient (Wildman–Crippen LogP) is 3.29. The maximum absolute atomic E-state index is 11.9. The molecule has 0 aliphatic carbocycles. The van der Waals surface area contributed by atoms with Gasteiger partial charge in [0.05, 0.1) is 5.75 Å². The van der Waals surface area contributed by atoms with Gasteiger partial charge in [0.15, 0.2) is 0 Å². The minimum Gasteiger partial charge on any atom is -0.344 e.